The summed E-state index contributed by atoms with van der Waals surface area (Å²) in [5.74, 6) is 0. The first-order valence-corrected chi connectivity index (χ1v) is 11.2. The van der Waals surface area contributed by atoms with Gasteiger partial charge in [0, 0.05) is 0 Å². The maximum atomic E-state index is 2.59. The molecule has 1 aromatic carbocycles. The van der Waals surface area contributed by atoms with Crippen LogP contribution in [0, 0.1) is 0 Å². The van der Waals surface area contributed by atoms with Crippen LogP contribution < -0.4 is 0 Å². The molecule has 22 heavy (non-hydrogen) atoms. The van der Waals surface area contributed by atoms with E-state index in [0.717, 1.165) is 17.0 Å². The molecule has 1 aromatic rings. The van der Waals surface area contributed by atoms with Crippen LogP contribution in [0.1, 0.15) is 76.7 Å². The summed E-state index contributed by atoms with van der Waals surface area (Å²) in [4.78, 5) is 0. The summed E-state index contributed by atoms with van der Waals surface area (Å²) in [6, 6.07) is 11.3. The standard InChI is InChI=1S/C21H33P/c1-18(17-19-11-5-2-6-12-19)22(20-13-7-3-8-14-20)21-15-9-4-10-16-21/h2,5-6,11-12,18,20-21H,3-4,7-10,13-17H2,1H3. The van der Waals surface area contributed by atoms with E-state index in [9.17, 15) is 0 Å². The first-order chi connectivity index (χ1) is 10.8. The Kier molecular flexibility index (Phi) is 6.37. The number of rotatable bonds is 5. The van der Waals surface area contributed by atoms with Crippen molar-refractivity contribution in [1.29, 1.82) is 0 Å². The van der Waals surface area contributed by atoms with Crippen molar-refractivity contribution in [2.24, 2.45) is 0 Å². The largest absolute Gasteiger partial charge is 0.0971 e. The molecule has 2 aliphatic carbocycles. The van der Waals surface area contributed by atoms with Crippen LogP contribution in [0.2, 0.25) is 0 Å². The normalized spacial score (nSPS) is 22.8. The average Bonchev–Trinajstić information content (AvgIpc) is 2.58. The molecule has 0 amide bonds. The molecule has 1 atom stereocenters. The first-order valence-electron chi connectivity index (χ1n) is 9.66. The summed E-state index contributed by atoms with van der Waals surface area (Å²) in [7, 11) is 0.218. The maximum Gasteiger partial charge on any atom is -0.0192 e. The van der Waals surface area contributed by atoms with E-state index >= 15 is 0 Å². The van der Waals surface area contributed by atoms with Gasteiger partial charge in [0.05, 0.1) is 0 Å². The lowest BCUT2D eigenvalue weighted by Gasteiger charge is -2.42. The van der Waals surface area contributed by atoms with Crippen LogP contribution in [-0.4, -0.2) is 17.0 Å². The molecule has 1 unspecified atom stereocenters. The van der Waals surface area contributed by atoms with E-state index in [2.05, 4.69) is 37.3 Å². The van der Waals surface area contributed by atoms with E-state index in [0.29, 0.717) is 0 Å². The van der Waals surface area contributed by atoms with Gasteiger partial charge in [0.2, 0.25) is 0 Å². The van der Waals surface area contributed by atoms with E-state index in [1.807, 2.05) is 0 Å². The van der Waals surface area contributed by atoms with E-state index < -0.39 is 0 Å². The van der Waals surface area contributed by atoms with Crippen LogP contribution in [0.15, 0.2) is 30.3 Å². The third-order valence-corrected chi connectivity index (χ3v) is 9.80. The van der Waals surface area contributed by atoms with Crippen molar-refractivity contribution in [2.45, 2.75) is 94.5 Å². The molecular weight excluding hydrogens is 283 g/mol. The highest BCUT2D eigenvalue weighted by atomic mass is 31.1. The fourth-order valence-corrected chi connectivity index (χ4v) is 9.22. The molecule has 122 valence electrons. The summed E-state index contributed by atoms with van der Waals surface area (Å²) in [5.41, 5.74) is 4.66. The molecular formula is C21H33P. The van der Waals surface area contributed by atoms with Gasteiger partial charge >= 0.3 is 0 Å². The molecule has 1 heteroatoms. The minimum absolute atomic E-state index is 0.218. The van der Waals surface area contributed by atoms with Crippen molar-refractivity contribution in [3.8, 4) is 0 Å². The minimum atomic E-state index is 0.218. The van der Waals surface area contributed by atoms with Crippen molar-refractivity contribution in [1.82, 2.24) is 0 Å². The quantitative estimate of drug-likeness (QED) is 0.526. The lowest BCUT2D eigenvalue weighted by atomic mass is 9.99. The molecule has 0 saturated heterocycles. The van der Waals surface area contributed by atoms with E-state index in [1.54, 1.807) is 31.2 Å². The van der Waals surface area contributed by atoms with Crippen molar-refractivity contribution < 1.29 is 0 Å². The predicted molar refractivity (Wildman–Crippen MR) is 100 cm³/mol. The van der Waals surface area contributed by atoms with Gasteiger partial charge in [-0.15, -0.1) is 0 Å². The van der Waals surface area contributed by atoms with Gasteiger partial charge in [0.15, 0.2) is 0 Å². The Morgan fingerprint density at radius 3 is 1.82 bits per heavy atom. The zero-order valence-corrected chi connectivity index (χ0v) is 15.2. The molecule has 0 radical (unpaired) electrons. The van der Waals surface area contributed by atoms with Crippen LogP contribution in [0.5, 0.6) is 0 Å². The Bertz CT molecular complexity index is 397. The third kappa shape index (κ3) is 4.35. The summed E-state index contributed by atoms with van der Waals surface area (Å²) in [5, 5.41) is 0. The van der Waals surface area contributed by atoms with Crippen LogP contribution in [0.4, 0.5) is 0 Å². The Morgan fingerprint density at radius 1 is 0.818 bits per heavy atom. The Morgan fingerprint density at radius 2 is 1.32 bits per heavy atom. The second kappa shape index (κ2) is 8.49. The van der Waals surface area contributed by atoms with Gasteiger partial charge < -0.3 is 0 Å². The molecule has 0 aromatic heterocycles. The Hall–Kier alpha value is -0.350. The minimum Gasteiger partial charge on any atom is -0.0971 e. The molecule has 3 rings (SSSR count). The van der Waals surface area contributed by atoms with Crippen molar-refractivity contribution >= 4 is 7.92 Å². The average molecular weight is 316 g/mol. The third-order valence-electron chi connectivity index (χ3n) is 5.88. The summed E-state index contributed by atoms with van der Waals surface area (Å²) in [6.07, 6.45) is 16.5. The highest BCUT2D eigenvalue weighted by molar-refractivity contribution is 7.59. The van der Waals surface area contributed by atoms with Crippen LogP contribution >= 0.6 is 7.92 Å². The fraction of sp³-hybridized carbons (Fsp3) is 0.714. The lowest BCUT2D eigenvalue weighted by Crippen LogP contribution is -2.26. The molecule has 0 spiro atoms. The highest BCUT2D eigenvalue weighted by Gasteiger charge is 2.34. The van der Waals surface area contributed by atoms with Crippen LogP contribution in [0.3, 0.4) is 0 Å². The van der Waals surface area contributed by atoms with Gasteiger partial charge in [-0.1, -0.05) is 83.7 Å². The molecule has 0 heterocycles. The second-order valence-corrected chi connectivity index (χ2v) is 10.8. The SMILES string of the molecule is CC(Cc1ccccc1)P(C1CCCCC1)C1CCCCC1. The lowest BCUT2D eigenvalue weighted by molar-refractivity contribution is 0.481. The summed E-state index contributed by atoms with van der Waals surface area (Å²) in [6.45, 7) is 2.59. The predicted octanol–water partition coefficient (Wildman–Crippen LogP) is 6.76. The van der Waals surface area contributed by atoms with E-state index in [4.69, 9.17) is 0 Å². The monoisotopic (exact) mass is 316 g/mol. The molecule has 0 aliphatic heterocycles. The summed E-state index contributed by atoms with van der Waals surface area (Å²) < 4.78 is 0. The van der Waals surface area contributed by atoms with Gasteiger partial charge in [-0.25, -0.2) is 0 Å². The first kappa shape index (κ1) is 16.5. The zero-order valence-electron chi connectivity index (χ0n) is 14.3. The van der Waals surface area contributed by atoms with Crippen LogP contribution in [-0.2, 0) is 6.42 Å². The molecule has 2 fully saturated rings. The second-order valence-electron chi connectivity index (χ2n) is 7.57. The molecule has 0 nitrogen and oxygen atoms in total. The van der Waals surface area contributed by atoms with Crippen molar-refractivity contribution in [2.75, 3.05) is 0 Å². The van der Waals surface area contributed by atoms with Gasteiger partial charge in [-0.3, -0.25) is 0 Å². The number of benzene rings is 1. The molecule has 2 aliphatic rings. The van der Waals surface area contributed by atoms with Crippen molar-refractivity contribution in [3.63, 3.8) is 0 Å². The maximum absolute atomic E-state index is 2.59. The smallest absolute Gasteiger partial charge is 0.0192 e. The van der Waals surface area contributed by atoms with Gasteiger partial charge in [-0.2, -0.15) is 0 Å². The molecule has 0 N–H and O–H groups in total. The van der Waals surface area contributed by atoms with Gasteiger partial charge in [0.1, 0.15) is 0 Å². The fourth-order valence-electron chi connectivity index (χ4n) is 4.84. The molecule has 0 bridgehead atoms. The number of hydrogen-bond donors (Lipinski definition) is 0. The topological polar surface area (TPSA) is 0 Å². The summed E-state index contributed by atoms with van der Waals surface area (Å²) >= 11 is 0. The highest BCUT2D eigenvalue weighted by Crippen LogP contribution is 2.59. The van der Waals surface area contributed by atoms with E-state index in [-0.39, 0.29) is 7.92 Å². The Balaban J connectivity index is 1.71. The van der Waals surface area contributed by atoms with Gasteiger partial charge in [-0.05, 0) is 54.6 Å². The van der Waals surface area contributed by atoms with Gasteiger partial charge in [0.25, 0.3) is 0 Å². The van der Waals surface area contributed by atoms with E-state index in [1.165, 1.54) is 44.9 Å². The van der Waals surface area contributed by atoms with Crippen molar-refractivity contribution in [3.05, 3.63) is 35.9 Å². The van der Waals surface area contributed by atoms with Crippen LogP contribution in [0.25, 0.3) is 0 Å². The number of hydrogen-bond acceptors (Lipinski definition) is 0. The zero-order chi connectivity index (χ0) is 15.2. The molecule has 2 saturated carbocycles. The Labute approximate surface area is 138 Å².